The smallest absolute Gasteiger partial charge is 0.195 e. The minimum absolute atomic E-state index is 0.0289. The van der Waals surface area contributed by atoms with Crippen LogP contribution in [0.15, 0.2) is 30.3 Å². The van der Waals surface area contributed by atoms with E-state index in [-0.39, 0.29) is 11.2 Å². The fourth-order valence-corrected chi connectivity index (χ4v) is 6.71. The molecule has 6 heteroatoms. The molecule has 2 saturated heterocycles. The highest BCUT2D eigenvalue weighted by Gasteiger charge is 2.41. The van der Waals surface area contributed by atoms with Crippen molar-refractivity contribution in [1.82, 2.24) is 14.8 Å². The summed E-state index contributed by atoms with van der Waals surface area (Å²) in [5, 5.41) is 1.58. The molecule has 0 spiro atoms. The van der Waals surface area contributed by atoms with E-state index in [1.807, 2.05) is 24.3 Å². The maximum atomic E-state index is 13.8. The lowest BCUT2D eigenvalue weighted by atomic mass is 9.71. The van der Waals surface area contributed by atoms with Gasteiger partial charge in [-0.3, -0.25) is 9.69 Å². The van der Waals surface area contributed by atoms with Gasteiger partial charge in [0.1, 0.15) is 0 Å². The zero-order valence-electron chi connectivity index (χ0n) is 21.3. The van der Waals surface area contributed by atoms with E-state index in [4.69, 9.17) is 18.0 Å². The highest BCUT2D eigenvalue weighted by Crippen LogP contribution is 2.46. The average Bonchev–Trinajstić information content (AvgIpc) is 3.28. The number of carbonyl (C=O) groups excluding carboxylic acids is 1. The number of halogens is 1. The molecular weight excluding hydrogens is 468 g/mol. The van der Waals surface area contributed by atoms with Crippen molar-refractivity contribution < 1.29 is 4.79 Å². The first kappa shape index (κ1) is 23.6. The number of piperazine rings is 1. The first-order valence-electron chi connectivity index (χ1n) is 13.0. The molecule has 1 N–H and O–H groups in total. The molecule has 6 rings (SSSR count). The van der Waals surface area contributed by atoms with Gasteiger partial charge in [0.25, 0.3) is 0 Å². The molecule has 1 aromatic heterocycles. The Bertz CT molecular complexity index is 1400. The molecule has 2 fully saturated rings. The fraction of sp³-hybridized carbons (Fsp3) is 0.433. The standard InChI is InChI=1S/C30H33ClN4O/c1-5-19-6-7-21-25(16-19)32-29-27(21)28(36)22-17-24(31)26(18-23(22)30(29,2)3)35-10-8-20(9-11-35)34-14-12-33(4)13-15-34/h1,6-7,16-18,20,32H,8-15H2,2-4H3. The number of H-pyrrole nitrogens is 1. The monoisotopic (exact) mass is 500 g/mol. The Morgan fingerprint density at radius 3 is 2.47 bits per heavy atom. The van der Waals surface area contributed by atoms with E-state index < -0.39 is 0 Å². The number of carbonyl (C=O) groups is 1. The third kappa shape index (κ3) is 3.66. The summed E-state index contributed by atoms with van der Waals surface area (Å²) in [4.78, 5) is 24.8. The van der Waals surface area contributed by atoms with Crippen LogP contribution in [0.5, 0.6) is 0 Å². The number of fused-ring (bicyclic) bond motifs is 4. The Morgan fingerprint density at radius 2 is 1.78 bits per heavy atom. The Morgan fingerprint density at radius 1 is 1.06 bits per heavy atom. The molecule has 36 heavy (non-hydrogen) atoms. The predicted molar refractivity (Wildman–Crippen MR) is 148 cm³/mol. The number of anilines is 1. The third-order valence-electron chi connectivity index (χ3n) is 8.68. The van der Waals surface area contributed by atoms with E-state index in [2.05, 4.69) is 52.6 Å². The number of nitrogens with one attached hydrogen (secondary N) is 1. The van der Waals surface area contributed by atoms with Crippen molar-refractivity contribution >= 4 is 34.0 Å². The summed E-state index contributed by atoms with van der Waals surface area (Å²) in [5.74, 6) is 2.72. The van der Waals surface area contributed by atoms with E-state index in [0.717, 1.165) is 91.1 Å². The lowest BCUT2D eigenvalue weighted by Crippen LogP contribution is -2.52. The minimum Gasteiger partial charge on any atom is -0.370 e. The largest absolute Gasteiger partial charge is 0.370 e. The van der Waals surface area contributed by atoms with E-state index in [9.17, 15) is 4.79 Å². The number of aromatic amines is 1. The highest BCUT2D eigenvalue weighted by molar-refractivity contribution is 6.34. The van der Waals surface area contributed by atoms with Gasteiger partial charge in [-0.15, -0.1) is 6.42 Å². The number of nitrogens with zero attached hydrogens (tertiary/aromatic N) is 3. The van der Waals surface area contributed by atoms with Crippen molar-refractivity contribution in [2.75, 3.05) is 51.2 Å². The van der Waals surface area contributed by atoms with Gasteiger partial charge in [-0.25, -0.2) is 0 Å². The average molecular weight is 501 g/mol. The highest BCUT2D eigenvalue weighted by atomic mass is 35.5. The molecule has 1 aliphatic carbocycles. The number of benzene rings is 2. The van der Waals surface area contributed by atoms with Crippen molar-refractivity contribution in [1.29, 1.82) is 0 Å². The molecule has 2 aliphatic heterocycles. The van der Waals surface area contributed by atoms with Gasteiger partial charge in [-0.05, 0) is 49.7 Å². The van der Waals surface area contributed by atoms with Crippen molar-refractivity contribution in [3.63, 3.8) is 0 Å². The van der Waals surface area contributed by atoms with Gasteiger partial charge in [0.15, 0.2) is 5.78 Å². The second-order valence-electron chi connectivity index (χ2n) is 11.1. The number of hydrogen-bond donors (Lipinski definition) is 1. The number of aromatic nitrogens is 1. The SMILES string of the molecule is C#Cc1ccc2c3c([nH]c2c1)C(C)(C)c1cc(N2CCC(N4CCN(C)CC4)CC2)c(Cl)cc1C3=O. The van der Waals surface area contributed by atoms with E-state index >= 15 is 0 Å². The summed E-state index contributed by atoms with van der Waals surface area (Å²) < 4.78 is 0. The minimum atomic E-state index is -0.370. The maximum absolute atomic E-state index is 13.8. The topological polar surface area (TPSA) is 42.6 Å². The third-order valence-corrected chi connectivity index (χ3v) is 8.98. The van der Waals surface area contributed by atoms with Crippen molar-refractivity contribution in [3.05, 3.63) is 63.3 Å². The summed E-state index contributed by atoms with van der Waals surface area (Å²) >= 11 is 6.87. The first-order valence-corrected chi connectivity index (χ1v) is 13.3. The van der Waals surface area contributed by atoms with Gasteiger partial charge in [0.2, 0.25) is 0 Å². The summed E-state index contributed by atoms with van der Waals surface area (Å²) in [7, 11) is 2.21. The van der Waals surface area contributed by atoms with Gasteiger partial charge in [-0.1, -0.05) is 37.4 Å². The lowest BCUT2D eigenvalue weighted by Gasteiger charge is -2.43. The van der Waals surface area contributed by atoms with Crippen LogP contribution in [0.2, 0.25) is 5.02 Å². The number of hydrogen-bond acceptors (Lipinski definition) is 4. The molecule has 0 bridgehead atoms. The van der Waals surface area contributed by atoms with Crippen LogP contribution in [0.4, 0.5) is 5.69 Å². The molecule has 0 saturated carbocycles. The van der Waals surface area contributed by atoms with Crippen molar-refractivity contribution in [2.24, 2.45) is 0 Å². The Hall–Kier alpha value is -2.78. The maximum Gasteiger partial charge on any atom is 0.195 e. The Labute approximate surface area is 218 Å². The Kier molecular flexibility index (Phi) is 5.68. The lowest BCUT2D eigenvalue weighted by molar-refractivity contribution is 0.0982. The van der Waals surface area contributed by atoms with Crippen LogP contribution in [0.3, 0.4) is 0 Å². The Balaban J connectivity index is 1.32. The molecule has 3 heterocycles. The molecule has 0 radical (unpaired) electrons. The van der Waals surface area contributed by atoms with Gasteiger partial charge in [0.05, 0.1) is 16.3 Å². The summed E-state index contributed by atoms with van der Waals surface area (Å²) in [6, 6.07) is 10.5. The first-order chi connectivity index (χ1) is 17.3. The molecule has 0 amide bonds. The molecule has 186 valence electrons. The molecule has 3 aromatic rings. The number of ketones is 1. The van der Waals surface area contributed by atoms with E-state index in [0.29, 0.717) is 16.6 Å². The van der Waals surface area contributed by atoms with Gasteiger partial charge >= 0.3 is 0 Å². The molecule has 0 unspecified atom stereocenters. The molecule has 5 nitrogen and oxygen atoms in total. The predicted octanol–water partition coefficient (Wildman–Crippen LogP) is 4.89. The van der Waals surface area contributed by atoms with Crippen LogP contribution in [-0.4, -0.2) is 72.9 Å². The van der Waals surface area contributed by atoms with Gasteiger partial charge in [-0.2, -0.15) is 0 Å². The molecular formula is C30H33ClN4O. The zero-order chi connectivity index (χ0) is 25.2. The zero-order valence-corrected chi connectivity index (χ0v) is 22.1. The fourth-order valence-electron chi connectivity index (χ4n) is 6.43. The number of likely N-dealkylation sites (N-methyl/N-ethyl adjacent to an activating group) is 1. The molecule has 0 atom stereocenters. The summed E-state index contributed by atoms with van der Waals surface area (Å²) in [6.07, 6.45) is 7.90. The van der Waals surface area contributed by atoms with Crippen LogP contribution in [-0.2, 0) is 5.41 Å². The van der Waals surface area contributed by atoms with Crippen molar-refractivity contribution in [2.45, 2.75) is 38.1 Å². The number of rotatable bonds is 2. The van der Waals surface area contributed by atoms with Crippen molar-refractivity contribution in [3.8, 4) is 12.3 Å². The molecule has 3 aliphatic rings. The second kappa shape index (κ2) is 8.66. The van der Waals surface area contributed by atoms with Crippen LogP contribution in [0.25, 0.3) is 10.9 Å². The number of terminal acetylenes is 1. The number of piperidine rings is 1. The van der Waals surface area contributed by atoms with Gasteiger partial charge in [0, 0.05) is 78.4 Å². The summed E-state index contributed by atoms with van der Waals surface area (Å²) in [6.45, 7) is 11.0. The molecule has 2 aromatic carbocycles. The quantitative estimate of drug-likeness (QED) is 0.509. The van der Waals surface area contributed by atoms with Crippen LogP contribution in [0, 0.1) is 12.3 Å². The van der Waals surface area contributed by atoms with Gasteiger partial charge < -0.3 is 14.8 Å². The summed E-state index contributed by atoms with van der Waals surface area (Å²) in [5.41, 5.74) is 5.80. The van der Waals surface area contributed by atoms with Crippen LogP contribution in [0.1, 0.15) is 59.4 Å². The van der Waals surface area contributed by atoms with Crippen LogP contribution < -0.4 is 4.90 Å². The van der Waals surface area contributed by atoms with Crippen LogP contribution >= 0.6 is 11.6 Å². The van der Waals surface area contributed by atoms with E-state index in [1.54, 1.807) is 0 Å². The van der Waals surface area contributed by atoms with E-state index in [1.165, 1.54) is 0 Å². The normalized spacial score (nSPS) is 20.9. The second-order valence-corrected chi connectivity index (χ2v) is 11.5.